The van der Waals surface area contributed by atoms with Crippen molar-refractivity contribution in [2.24, 2.45) is 0 Å². The molecule has 0 aliphatic rings. The first-order valence-electron chi connectivity index (χ1n) is 4.25. The molecule has 11 heavy (non-hydrogen) atoms. The van der Waals surface area contributed by atoms with E-state index in [1.807, 2.05) is 0 Å². The summed E-state index contributed by atoms with van der Waals surface area (Å²) in [4.78, 5) is 0. The van der Waals surface area contributed by atoms with Gasteiger partial charge in [-0.1, -0.05) is 17.2 Å². The molecule has 0 aliphatic carbocycles. The van der Waals surface area contributed by atoms with Crippen LogP contribution in [0.15, 0.2) is 23.3 Å². The summed E-state index contributed by atoms with van der Waals surface area (Å²) < 4.78 is 0. The fraction of sp³-hybridized carbons (Fsp3) is 0.600. The highest BCUT2D eigenvalue weighted by Gasteiger charge is 1.87. The van der Waals surface area contributed by atoms with Crippen molar-refractivity contribution in [3.63, 3.8) is 0 Å². The Balaban J connectivity index is 3.54. The van der Waals surface area contributed by atoms with E-state index in [1.54, 1.807) is 0 Å². The van der Waals surface area contributed by atoms with E-state index in [0.717, 1.165) is 6.54 Å². The molecular weight excluding hydrogens is 134 g/mol. The van der Waals surface area contributed by atoms with Crippen LogP contribution in [0.25, 0.3) is 0 Å². The zero-order valence-electron chi connectivity index (χ0n) is 7.98. The van der Waals surface area contributed by atoms with Gasteiger partial charge in [-0.3, -0.25) is 0 Å². The molecule has 0 aromatic rings. The first-order valence-corrected chi connectivity index (χ1v) is 4.25. The Morgan fingerprint density at radius 1 is 1.18 bits per heavy atom. The number of quaternary nitrogens is 1. The second-order valence-corrected chi connectivity index (χ2v) is 3.16. The van der Waals surface area contributed by atoms with E-state index >= 15 is 0 Å². The van der Waals surface area contributed by atoms with E-state index < -0.39 is 0 Å². The normalized spacial score (nSPS) is 11.5. The average Bonchev–Trinajstić information content (AvgIpc) is 1.87. The lowest BCUT2D eigenvalue weighted by Gasteiger charge is -1.96. The Labute approximate surface area is 70.0 Å². The van der Waals surface area contributed by atoms with Crippen LogP contribution < -0.4 is 5.73 Å². The van der Waals surface area contributed by atoms with E-state index in [0.29, 0.717) is 0 Å². The lowest BCUT2D eigenvalue weighted by atomic mass is 10.1. The van der Waals surface area contributed by atoms with Gasteiger partial charge in [0, 0.05) is 0 Å². The lowest BCUT2D eigenvalue weighted by molar-refractivity contribution is -0.352. The molecule has 1 nitrogen and oxygen atoms in total. The molecular formula is C10H20N+. The summed E-state index contributed by atoms with van der Waals surface area (Å²) in [5, 5.41) is 0. The Morgan fingerprint density at radius 2 is 1.82 bits per heavy atom. The third kappa shape index (κ3) is 7.34. The summed E-state index contributed by atoms with van der Waals surface area (Å²) in [6, 6.07) is 0. The highest BCUT2D eigenvalue weighted by molar-refractivity contribution is 5.01. The van der Waals surface area contributed by atoms with Gasteiger partial charge in [0.15, 0.2) is 0 Å². The second-order valence-electron chi connectivity index (χ2n) is 3.16. The minimum atomic E-state index is 0.917. The van der Waals surface area contributed by atoms with E-state index in [-0.39, 0.29) is 0 Å². The quantitative estimate of drug-likeness (QED) is 0.599. The number of allylic oxidation sites excluding steroid dienone is 3. The highest BCUT2D eigenvalue weighted by Crippen LogP contribution is 2.05. The van der Waals surface area contributed by atoms with Gasteiger partial charge >= 0.3 is 0 Å². The first kappa shape index (κ1) is 10.4. The molecule has 0 atom stereocenters. The van der Waals surface area contributed by atoms with Gasteiger partial charge in [-0.2, -0.15) is 0 Å². The van der Waals surface area contributed by atoms with Gasteiger partial charge in [0.05, 0.1) is 6.54 Å². The van der Waals surface area contributed by atoms with Crippen molar-refractivity contribution in [2.75, 3.05) is 6.54 Å². The molecule has 0 aromatic heterocycles. The third-order valence-electron chi connectivity index (χ3n) is 1.58. The lowest BCUT2D eigenvalue weighted by Crippen LogP contribution is -2.49. The van der Waals surface area contributed by atoms with E-state index in [4.69, 9.17) is 0 Å². The largest absolute Gasteiger partial charge is 0.354 e. The van der Waals surface area contributed by atoms with Crippen LogP contribution in [0.5, 0.6) is 0 Å². The zero-order valence-corrected chi connectivity index (χ0v) is 7.98. The van der Waals surface area contributed by atoms with Gasteiger partial charge in [-0.15, -0.1) is 0 Å². The van der Waals surface area contributed by atoms with Crippen LogP contribution >= 0.6 is 0 Å². The van der Waals surface area contributed by atoms with Gasteiger partial charge in [-0.05, 0) is 39.7 Å². The van der Waals surface area contributed by atoms with Crippen molar-refractivity contribution in [1.29, 1.82) is 0 Å². The second kappa shape index (κ2) is 6.17. The van der Waals surface area contributed by atoms with E-state index in [1.165, 1.54) is 24.0 Å². The molecule has 0 amide bonds. The predicted octanol–water partition coefficient (Wildman–Crippen LogP) is 1.92. The molecule has 3 N–H and O–H groups in total. The van der Waals surface area contributed by atoms with Crippen LogP contribution in [0.1, 0.15) is 33.6 Å². The fourth-order valence-electron chi connectivity index (χ4n) is 0.937. The monoisotopic (exact) mass is 154 g/mol. The molecule has 0 heterocycles. The smallest absolute Gasteiger partial charge is 0.0929 e. The molecule has 1 heteroatoms. The molecule has 0 fully saturated rings. The Hall–Kier alpha value is -0.560. The predicted molar refractivity (Wildman–Crippen MR) is 50.2 cm³/mol. The summed E-state index contributed by atoms with van der Waals surface area (Å²) >= 11 is 0. The van der Waals surface area contributed by atoms with Crippen LogP contribution in [0.3, 0.4) is 0 Å². The standard InChI is InChI=1S/C10H19N/c1-9(2)5-4-6-10(3)7-8-11/h5,7H,4,6,8,11H2,1-3H3/p+1/b10-7+. The minimum absolute atomic E-state index is 0.917. The van der Waals surface area contributed by atoms with Gasteiger partial charge < -0.3 is 5.73 Å². The molecule has 64 valence electrons. The minimum Gasteiger partial charge on any atom is -0.354 e. The Kier molecular flexibility index (Phi) is 5.86. The molecule has 0 aliphatic heterocycles. The van der Waals surface area contributed by atoms with Gasteiger partial charge in [0.2, 0.25) is 0 Å². The maximum absolute atomic E-state index is 3.78. The summed E-state index contributed by atoms with van der Waals surface area (Å²) in [6.45, 7) is 7.37. The van der Waals surface area contributed by atoms with Crippen LogP contribution in [-0.4, -0.2) is 6.54 Å². The zero-order chi connectivity index (χ0) is 8.69. The molecule has 0 saturated heterocycles. The van der Waals surface area contributed by atoms with Crippen molar-refractivity contribution < 1.29 is 5.73 Å². The number of hydrogen-bond acceptors (Lipinski definition) is 0. The molecule has 0 saturated carbocycles. The van der Waals surface area contributed by atoms with Gasteiger partial charge in [-0.25, -0.2) is 0 Å². The first-order chi connectivity index (χ1) is 5.16. The van der Waals surface area contributed by atoms with Gasteiger partial charge in [0.1, 0.15) is 0 Å². The molecule has 0 aromatic carbocycles. The number of hydrogen-bond donors (Lipinski definition) is 1. The summed E-state index contributed by atoms with van der Waals surface area (Å²) in [6.07, 6.45) is 6.82. The third-order valence-corrected chi connectivity index (χ3v) is 1.58. The van der Waals surface area contributed by atoms with Crippen LogP contribution in [0.4, 0.5) is 0 Å². The SMILES string of the molecule is CC(C)=CCC/C(C)=C/C[NH3+]. The Bertz CT molecular complexity index is 150. The van der Waals surface area contributed by atoms with Crippen molar-refractivity contribution in [2.45, 2.75) is 33.6 Å². The topological polar surface area (TPSA) is 27.6 Å². The fourth-order valence-corrected chi connectivity index (χ4v) is 0.937. The van der Waals surface area contributed by atoms with E-state index in [2.05, 4.69) is 38.7 Å². The molecule has 0 spiro atoms. The summed E-state index contributed by atoms with van der Waals surface area (Å²) in [7, 11) is 0. The van der Waals surface area contributed by atoms with Crippen molar-refractivity contribution in [3.8, 4) is 0 Å². The van der Waals surface area contributed by atoms with Gasteiger partial charge in [0.25, 0.3) is 0 Å². The molecule has 0 radical (unpaired) electrons. The van der Waals surface area contributed by atoms with E-state index in [9.17, 15) is 0 Å². The maximum Gasteiger partial charge on any atom is 0.0929 e. The van der Waals surface area contributed by atoms with Crippen molar-refractivity contribution >= 4 is 0 Å². The maximum atomic E-state index is 3.78. The van der Waals surface area contributed by atoms with Crippen LogP contribution in [0.2, 0.25) is 0 Å². The summed E-state index contributed by atoms with van der Waals surface area (Å²) in [5.74, 6) is 0. The van der Waals surface area contributed by atoms with Crippen molar-refractivity contribution in [1.82, 2.24) is 0 Å². The highest BCUT2D eigenvalue weighted by atomic mass is 14.5. The molecule has 0 rings (SSSR count). The Morgan fingerprint density at radius 3 is 2.27 bits per heavy atom. The molecule has 0 unspecified atom stereocenters. The van der Waals surface area contributed by atoms with Crippen LogP contribution in [0, 0.1) is 0 Å². The van der Waals surface area contributed by atoms with Crippen LogP contribution in [-0.2, 0) is 0 Å². The number of rotatable bonds is 4. The summed E-state index contributed by atoms with van der Waals surface area (Å²) in [5.41, 5.74) is 6.64. The average molecular weight is 154 g/mol. The molecule has 0 bridgehead atoms. The van der Waals surface area contributed by atoms with Crippen molar-refractivity contribution in [3.05, 3.63) is 23.3 Å².